The molecule has 0 radical (unpaired) electrons. The van der Waals surface area contributed by atoms with Gasteiger partial charge in [-0.15, -0.1) is 0 Å². The molecular weight excluding hydrogens is 475 g/mol. The van der Waals surface area contributed by atoms with Gasteiger partial charge in [-0.05, 0) is 48.0 Å². The number of alkyl halides is 2. The Kier molecular flexibility index (Phi) is 6.33. The molecule has 3 aromatic rings. The molecule has 11 heteroatoms. The summed E-state index contributed by atoms with van der Waals surface area (Å²) < 4.78 is 42.7. The van der Waals surface area contributed by atoms with Crippen molar-refractivity contribution in [2.45, 2.75) is 32.9 Å². The van der Waals surface area contributed by atoms with Gasteiger partial charge in [-0.3, -0.25) is 14.2 Å². The van der Waals surface area contributed by atoms with Gasteiger partial charge in [0, 0.05) is 22.5 Å². The smallest absolute Gasteiger partial charge is 0.282 e. The van der Waals surface area contributed by atoms with Gasteiger partial charge in [0.1, 0.15) is 17.6 Å². The first-order valence-electron chi connectivity index (χ1n) is 8.48. The second-order valence-corrected chi connectivity index (χ2v) is 7.61. The summed E-state index contributed by atoms with van der Waals surface area (Å²) >= 11 is 9.33. The number of carbonyl (C=O) groups excluding carboxylic acids is 1. The molecule has 1 aromatic carbocycles. The maximum Gasteiger partial charge on any atom is 0.282 e. The molecule has 2 aromatic heterocycles. The molecule has 1 unspecified atom stereocenters. The largest absolute Gasteiger partial charge is 0.306 e. The summed E-state index contributed by atoms with van der Waals surface area (Å²) in [7, 11) is 0. The number of nitrogens with one attached hydrogen (secondary N) is 1. The normalized spacial score (nSPS) is 12.4. The summed E-state index contributed by atoms with van der Waals surface area (Å²) in [6, 6.07) is 4.76. The fourth-order valence-corrected chi connectivity index (χ4v) is 3.39. The monoisotopic (exact) mass is 489 g/mol. The van der Waals surface area contributed by atoms with Crippen LogP contribution in [-0.4, -0.2) is 25.5 Å². The second kappa shape index (κ2) is 8.58. The predicted molar refractivity (Wildman–Crippen MR) is 106 cm³/mol. The maximum atomic E-state index is 14.0. The molecule has 0 aliphatic carbocycles. The third-order valence-corrected chi connectivity index (χ3v) is 5.19. The number of nitrogens with zero attached hydrogens (tertiary/aromatic N) is 4. The van der Waals surface area contributed by atoms with Gasteiger partial charge in [0.2, 0.25) is 5.91 Å². The van der Waals surface area contributed by atoms with E-state index < -0.39 is 29.9 Å². The molecule has 0 saturated heterocycles. The van der Waals surface area contributed by atoms with Crippen LogP contribution < -0.4 is 5.32 Å². The lowest BCUT2D eigenvalue weighted by atomic mass is 10.2. The zero-order valence-electron chi connectivity index (χ0n) is 15.3. The van der Waals surface area contributed by atoms with Gasteiger partial charge >= 0.3 is 0 Å². The van der Waals surface area contributed by atoms with E-state index >= 15 is 0 Å². The summed E-state index contributed by atoms with van der Waals surface area (Å²) in [5.41, 5.74) is 0.304. The number of amides is 1. The van der Waals surface area contributed by atoms with E-state index in [1.807, 2.05) is 0 Å². The molecule has 154 valence electrons. The SMILES string of the molecule is Cc1cc(C(F)F)nn1C(C)C(=O)Nc1nn(Cc2c(F)cccc2Cl)cc1Br. The van der Waals surface area contributed by atoms with Crippen molar-refractivity contribution < 1.29 is 18.0 Å². The van der Waals surface area contributed by atoms with Gasteiger partial charge in [0.15, 0.2) is 5.82 Å². The van der Waals surface area contributed by atoms with Crippen LogP contribution in [-0.2, 0) is 11.3 Å². The Morgan fingerprint density at radius 2 is 2.07 bits per heavy atom. The molecule has 0 fully saturated rings. The van der Waals surface area contributed by atoms with Crippen LogP contribution in [0.5, 0.6) is 0 Å². The molecule has 0 aliphatic rings. The molecule has 1 atom stereocenters. The van der Waals surface area contributed by atoms with Gasteiger partial charge in [0.25, 0.3) is 6.43 Å². The number of anilines is 1. The minimum atomic E-state index is -2.72. The molecular formula is C18H16BrClF3N5O. The van der Waals surface area contributed by atoms with Crippen molar-refractivity contribution in [3.63, 3.8) is 0 Å². The number of aryl methyl sites for hydroxylation is 1. The standard InChI is InChI=1S/C18H16BrClF3N5O/c1-9-6-15(16(22)23)25-28(9)10(2)18(29)24-17-12(19)8-27(26-17)7-11-13(20)4-3-5-14(11)21/h3-6,8,10,16H,7H2,1-2H3,(H,24,26,29). The van der Waals surface area contributed by atoms with Gasteiger partial charge in [-0.2, -0.15) is 10.2 Å². The highest BCUT2D eigenvalue weighted by molar-refractivity contribution is 9.10. The number of hydrogen-bond donors (Lipinski definition) is 1. The minimum Gasteiger partial charge on any atom is -0.306 e. The summed E-state index contributed by atoms with van der Waals surface area (Å²) in [4.78, 5) is 12.6. The average molecular weight is 491 g/mol. The van der Waals surface area contributed by atoms with E-state index in [-0.39, 0.29) is 22.9 Å². The molecule has 1 N–H and O–H groups in total. The lowest BCUT2D eigenvalue weighted by Gasteiger charge is -2.13. The molecule has 3 rings (SSSR count). The van der Waals surface area contributed by atoms with Crippen LogP contribution in [0.3, 0.4) is 0 Å². The first-order chi connectivity index (χ1) is 13.7. The average Bonchev–Trinajstić information content (AvgIpc) is 3.20. The molecule has 29 heavy (non-hydrogen) atoms. The molecule has 0 aliphatic heterocycles. The fraction of sp³-hybridized carbons (Fsp3) is 0.278. The van der Waals surface area contributed by atoms with Crippen LogP contribution in [0.2, 0.25) is 5.02 Å². The Hall–Kier alpha value is -2.33. The Morgan fingerprint density at radius 3 is 2.69 bits per heavy atom. The summed E-state index contributed by atoms with van der Waals surface area (Å²) in [6.45, 7) is 3.19. The summed E-state index contributed by atoms with van der Waals surface area (Å²) in [6.07, 6.45) is -1.16. The Balaban J connectivity index is 1.76. The van der Waals surface area contributed by atoms with Crippen molar-refractivity contribution in [2.75, 3.05) is 5.32 Å². The van der Waals surface area contributed by atoms with Crippen molar-refractivity contribution in [3.05, 3.63) is 62.7 Å². The lowest BCUT2D eigenvalue weighted by Crippen LogP contribution is -2.25. The fourth-order valence-electron chi connectivity index (χ4n) is 2.75. The molecule has 0 bridgehead atoms. The van der Waals surface area contributed by atoms with Crippen molar-refractivity contribution in [1.82, 2.24) is 19.6 Å². The third kappa shape index (κ3) is 4.64. The molecule has 1 amide bonds. The zero-order valence-corrected chi connectivity index (χ0v) is 17.7. The first kappa shape index (κ1) is 21.4. The molecule has 0 saturated carbocycles. The van der Waals surface area contributed by atoms with E-state index in [1.54, 1.807) is 19.2 Å². The van der Waals surface area contributed by atoms with Crippen molar-refractivity contribution >= 4 is 39.3 Å². The molecule has 0 spiro atoms. The number of hydrogen-bond acceptors (Lipinski definition) is 3. The predicted octanol–water partition coefficient (Wildman–Crippen LogP) is 5.13. The second-order valence-electron chi connectivity index (χ2n) is 6.34. The van der Waals surface area contributed by atoms with Gasteiger partial charge in [-0.1, -0.05) is 17.7 Å². The number of halogens is 5. The minimum absolute atomic E-state index is 0.0611. The molecule has 6 nitrogen and oxygen atoms in total. The third-order valence-electron chi connectivity index (χ3n) is 4.25. The van der Waals surface area contributed by atoms with Crippen LogP contribution in [0.15, 0.2) is 34.9 Å². The Labute approximate surface area is 177 Å². The van der Waals surface area contributed by atoms with E-state index in [9.17, 15) is 18.0 Å². The zero-order chi connectivity index (χ0) is 21.3. The van der Waals surface area contributed by atoms with Crippen LogP contribution in [0.4, 0.5) is 19.0 Å². The summed E-state index contributed by atoms with van der Waals surface area (Å²) in [5.74, 6) is -0.757. The highest BCUT2D eigenvalue weighted by Gasteiger charge is 2.23. The highest BCUT2D eigenvalue weighted by atomic mass is 79.9. The van der Waals surface area contributed by atoms with Crippen molar-refractivity contribution in [1.29, 1.82) is 0 Å². The lowest BCUT2D eigenvalue weighted by molar-refractivity contribution is -0.119. The van der Waals surface area contributed by atoms with Crippen LogP contribution in [0.25, 0.3) is 0 Å². The number of benzene rings is 1. The van der Waals surface area contributed by atoms with E-state index in [2.05, 4.69) is 31.4 Å². The first-order valence-corrected chi connectivity index (χ1v) is 9.65. The van der Waals surface area contributed by atoms with Crippen molar-refractivity contribution in [3.8, 4) is 0 Å². The van der Waals surface area contributed by atoms with Crippen LogP contribution >= 0.6 is 27.5 Å². The Bertz CT molecular complexity index is 1030. The number of carbonyl (C=O) groups is 1. The number of aromatic nitrogens is 4. The highest BCUT2D eigenvalue weighted by Crippen LogP contribution is 2.25. The van der Waals surface area contributed by atoms with Gasteiger partial charge in [0.05, 0.1) is 11.0 Å². The van der Waals surface area contributed by atoms with Gasteiger partial charge in [-0.25, -0.2) is 13.2 Å². The summed E-state index contributed by atoms with van der Waals surface area (Å²) in [5, 5.41) is 10.9. The van der Waals surface area contributed by atoms with Gasteiger partial charge < -0.3 is 5.32 Å². The van der Waals surface area contributed by atoms with E-state index in [0.29, 0.717) is 10.2 Å². The van der Waals surface area contributed by atoms with E-state index in [1.165, 1.54) is 34.5 Å². The van der Waals surface area contributed by atoms with Crippen LogP contribution in [0, 0.1) is 12.7 Å². The quantitative estimate of drug-likeness (QED) is 0.521. The van der Waals surface area contributed by atoms with Crippen LogP contribution in [0.1, 0.15) is 36.3 Å². The Morgan fingerprint density at radius 1 is 1.34 bits per heavy atom. The van der Waals surface area contributed by atoms with Crippen molar-refractivity contribution in [2.24, 2.45) is 0 Å². The number of rotatable bonds is 6. The van der Waals surface area contributed by atoms with E-state index in [4.69, 9.17) is 11.6 Å². The topological polar surface area (TPSA) is 64.7 Å². The maximum absolute atomic E-state index is 14.0. The molecule has 2 heterocycles. The van der Waals surface area contributed by atoms with E-state index in [0.717, 1.165) is 0 Å².